The van der Waals surface area contributed by atoms with Crippen LogP contribution in [0.4, 0.5) is 0 Å². The molecule has 3 heterocycles. The first-order valence-corrected chi connectivity index (χ1v) is 7.39. The van der Waals surface area contributed by atoms with Crippen LogP contribution in [0.5, 0.6) is 0 Å². The van der Waals surface area contributed by atoms with E-state index in [1.165, 1.54) is 0 Å². The molecule has 3 aromatic heterocycles. The highest BCUT2D eigenvalue weighted by atomic mass is 16.1. The van der Waals surface area contributed by atoms with Crippen molar-refractivity contribution in [3.63, 3.8) is 0 Å². The number of hydrogen-bond acceptors (Lipinski definition) is 3. The highest BCUT2D eigenvalue weighted by molar-refractivity contribution is 5.75. The Morgan fingerprint density at radius 2 is 2.14 bits per heavy atom. The lowest BCUT2D eigenvalue weighted by Crippen LogP contribution is -2.23. The number of nitrogens with one attached hydrogen (secondary N) is 1. The van der Waals surface area contributed by atoms with Gasteiger partial charge < -0.3 is 9.72 Å². The van der Waals surface area contributed by atoms with Crippen LogP contribution in [-0.2, 0) is 17.8 Å². The van der Waals surface area contributed by atoms with E-state index in [2.05, 4.69) is 15.3 Å². The molecule has 0 aromatic carbocycles. The van der Waals surface area contributed by atoms with Gasteiger partial charge in [-0.1, -0.05) is 12.1 Å². The van der Waals surface area contributed by atoms with Gasteiger partial charge in [0.15, 0.2) is 0 Å². The van der Waals surface area contributed by atoms with Crippen LogP contribution in [-0.4, -0.2) is 20.3 Å². The van der Waals surface area contributed by atoms with Crippen LogP contribution in [0.3, 0.4) is 0 Å². The van der Waals surface area contributed by atoms with Crippen molar-refractivity contribution in [1.82, 2.24) is 19.7 Å². The Balaban J connectivity index is 1.46. The van der Waals surface area contributed by atoms with Gasteiger partial charge in [-0.25, -0.2) is 4.98 Å². The smallest absolute Gasteiger partial charge is 0.220 e. The molecule has 3 aromatic rings. The summed E-state index contributed by atoms with van der Waals surface area (Å²) in [6.07, 6.45) is 9.56. The largest absolute Gasteiger partial charge is 0.349 e. The standard InChI is InChI=1S/C17H18N4O/c22-17(8-3-5-14-6-4-9-18-11-14)20-13-16-19-12-15-7-1-2-10-21(15)16/h1-2,4,6-7,9-12H,3,5,8,13H2,(H,20,22). The summed E-state index contributed by atoms with van der Waals surface area (Å²) in [5.74, 6) is 0.896. The van der Waals surface area contributed by atoms with Gasteiger partial charge in [-0.3, -0.25) is 9.78 Å². The molecule has 0 bridgehead atoms. The maximum atomic E-state index is 11.9. The Morgan fingerprint density at radius 3 is 3.00 bits per heavy atom. The topological polar surface area (TPSA) is 59.3 Å². The Hall–Kier alpha value is -2.69. The molecule has 0 aliphatic carbocycles. The van der Waals surface area contributed by atoms with Gasteiger partial charge in [-0.15, -0.1) is 0 Å². The quantitative estimate of drug-likeness (QED) is 0.759. The molecule has 1 amide bonds. The Labute approximate surface area is 129 Å². The minimum atomic E-state index is 0.0524. The van der Waals surface area contributed by atoms with E-state index in [1.807, 2.05) is 53.3 Å². The van der Waals surface area contributed by atoms with Gasteiger partial charge in [0, 0.05) is 25.0 Å². The minimum Gasteiger partial charge on any atom is -0.349 e. The van der Waals surface area contributed by atoms with E-state index in [1.54, 1.807) is 6.20 Å². The van der Waals surface area contributed by atoms with E-state index in [0.29, 0.717) is 13.0 Å². The number of aryl methyl sites for hydroxylation is 1. The number of carbonyl (C=O) groups is 1. The molecule has 5 nitrogen and oxygen atoms in total. The normalized spacial score (nSPS) is 10.7. The SMILES string of the molecule is O=C(CCCc1cccnc1)NCc1ncc2ccccn12. The van der Waals surface area contributed by atoms with Crippen LogP contribution >= 0.6 is 0 Å². The zero-order valence-corrected chi connectivity index (χ0v) is 12.3. The molecule has 0 saturated heterocycles. The molecule has 0 atom stereocenters. The maximum absolute atomic E-state index is 11.9. The van der Waals surface area contributed by atoms with Crippen molar-refractivity contribution in [2.45, 2.75) is 25.8 Å². The molecule has 0 saturated carbocycles. The van der Waals surface area contributed by atoms with E-state index in [9.17, 15) is 4.79 Å². The first kappa shape index (κ1) is 14.3. The van der Waals surface area contributed by atoms with Gasteiger partial charge in [0.2, 0.25) is 5.91 Å². The van der Waals surface area contributed by atoms with E-state index in [0.717, 1.165) is 29.7 Å². The number of hydrogen-bond donors (Lipinski definition) is 1. The Morgan fingerprint density at radius 1 is 1.18 bits per heavy atom. The molecule has 1 N–H and O–H groups in total. The summed E-state index contributed by atoms with van der Waals surface area (Å²) in [7, 11) is 0. The Bertz CT molecular complexity index is 751. The van der Waals surface area contributed by atoms with Crippen molar-refractivity contribution < 1.29 is 4.79 Å². The summed E-state index contributed by atoms with van der Waals surface area (Å²) in [6.45, 7) is 0.448. The molecule has 0 fully saturated rings. The van der Waals surface area contributed by atoms with Gasteiger partial charge in [-0.2, -0.15) is 0 Å². The number of amides is 1. The molecular weight excluding hydrogens is 276 g/mol. The summed E-state index contributed by atoms with van der Waals surface area (Å²) < 4.78 is 1.98. The summed E-state index contributed by atoms with van der Waals surface area (Å²) in [5, 5.41) is 2.93. The molecule has 0 spiro atoms. The lowest BCUT2D eigenvalue weighted by Gasteiger charge is -2.05. The Kier molecular flexibility index (Phi) is 4.44. The van der Waals surface area contributed by atoms with Crippen molar-refractivity contribution in [3.8, 4) is 0 Å². The van der Waals surface area contributed by atoms with Crippen molar-refractivity contribution >= 4 is 11.4 Å². The van der Waals surface area contributed by atoms with Crippen LogP contribution in [0, 0.1) is 0 Å². The van der Waals surface area contributed by atoms with Crippen LogP contribution in [0.15, 0.2) is 55.1 Å². The average Bonchev–Trinajstić information content (AvgIpc) is 2.97. The molecule has 0 aliphatic rings. The third-order valence-electron chi connectivity index (χ3n) is 3.55. The lowest BCUT2D eigenvalue weighted by molar-refractivity contribution is -0.121. The van der Waals surface area contributed by atoms with Gasteiger partial charge >= 0.3 is 0 Å². The monoisotopic (exact) mass is 294 g/mol. The predicted octanol–water partition coefficient (Wildman–Crippen LogP) is 2.37. The van der Waals surface area contributed by atoms with Gasteiger partial charge in [-0.05, 0) is 36.6 Å². The first-order chi connectivity index (χ1) is 10.8. The molecule has 0 radical (unpaired) electrons. The predicted molar refractivity (Wildman–Crippen MR) is 84.2 cm³/mol. The van der Waals surface area contributed by atoms with E-state index >= 15 is 0 Å². The highest BCUT2D eigenvalue weighted by Crippen LogP contribution is 2.06. The van der Waals surface area contributed by atoms with Crippen LogP contribution in [0.25, 0.3) is 5.52 Å². The fourth-order valence-electron chi connectivity index (χ4n) is 2.40. The van der Waals surface area contributed by atoms with E-state index in [4.69, 9.17) is 0 Å². The number of aromatic nitrogens is 3. The third kappa shape index (κ3) is 3.49. The number of carbonyl (C=O) groups excluding carboxylic acids is 1. The molecule has 0 aliphatic heterocycles. The van der Waals surface area contributed by atoms with E-state index in [-0.39, 0.29) is 5.91 Å². The van der Waals surface area contributed by atoms with Crippen molar-refractivity contribution in [2.24, 2.45) is 0 Å². The molecule has 3 rings (SSSR count). The summed E-state index contributed by atoms with van der Waals surface area (Å²) >= 11 is 0. The summed E-state index contributed by atoms with van der Waals surface area (Å²) in [5.41, 5.74) is 2.19. The van der Waals surface area contributed by atoms with Crippen LogP contribution < -0.4 is 5.32 Å². The second kappa shape index (κ2) is 6.85. The summed E-state index contributed by atoms with van der Waals surface area (Å²) in [6, 6.07) is 9.86. The van der Waals surface area contributed by atoms with Crippen molar-refractivity contribution in [2.75, 3.05) is 0 Å². The second-order valence-electron chi connectivity index (χ2n) is 5.16. The number of nitrogens with zero attached hydrogens (tertiary/aromatic N) is 3. The van der Waals surface area contributed by atoms with Crippen molar-refractivity contribution in [1.29, 1.82) is 0 Å². The molecule has 22 heavy (non-hydrogen) atoms. The zero-order chi connectivity index (χ0) is 15.2. The number of fused-ring (bicyclic) bond motifs is 1. The van der Waals surface area contributed by atoms with Gasteiger partial charge in [0.1, 0.15) is 5.82 Å². The zero-order valence-electron chi connectivity index (χ0n) is 12.3. The van der Waals surface area contributed by atoms with Crippen LogP contribution in [0.1, 0.15) is 24.2 Å². The minimum absolute atomic E-state index is 0.0524. The fraction of sp³-hybridized carbons (Fsp3) is 0.235. The van der Waals surface area contributed by atoms with Gasteiger partial charge in [0.25, 0.3) is 0 Å². The number of rotatable bonds is 6. The molecule has 0 unspecified atom stereocenters. The van der Waals surface area contributed by atoms with Crippen molar-refractivity contribution in [3.05, 3.63) is 66.5 Å². The van der Waals surface area contributed by atoms with Gasteiger partial charge in [0.05, 0.1) is 18.3 Å². The highest BCUT2D eigenvalue weighted by Gasteiger charge is 2.06. The fourth-order valence-corrected chi connectivity index (χ4v) is 2.40. The second-order valence-corrected chi connectivity index (χ2v) is 5.16. The molecular formula is C17H18N4O. The maximum Gasteiger partial charge on any atom is 0.220 e. The number of imidazole rings is 1. The molecule has 5 heteroatoms. The van der Waals surface area contributed by atoms with E-state index < -0.39 is 0 Å². The molecule has 112 valence electrons. The third-order valence-corrected chi connectivity index (χ3v) is 3.55. The average molecular weight is 294 g/mol. The first-order valence-electron chi connectivity index (χ1n) is 7.39. The lowest BCUT2D eigenvalue weighted by atomic mass is 10.1. The number of pyridine rings is 2. The van der Waals surface area contributed by atoms with Crippen LogP contribution in [0.2, 0.25) is 0 Å². The summed E-state index contributed by atoms with van der Waals surface area (Å²) in [4.78, 5) is 20.3.